The number of amides is 2. The van der Waals surface area contributed by atoms with Crippen LogP contribution < -0.4 is 10.2 Å². The van der Waals surface area contributed by atoms with Crippen LogP contribution in [0.2, 0.25) is 0 Å². The van der Waals surface area contributed by atoms with Crippen molar-refractivity contribution < 1.29 is 9.59 Å². The third-order valence-corrected chi connectivity index (χ3v) is 7.24. The van der Waals surface area contributed by atoms with Crippen molar-refractivity contribution in [3.63, 3.8) is 0 Å². The number of hydrogen-bond donors (Lipinski definition) is 1. The zero-order chi connectivity index (χ0) is 21.4. The maximum Gasteiger partial charge on any atom is 0.243 e. The number of rotatable bonds is 4. The monoisotopic (exact) mass is 482 g/mol. The minimum atomic E-state index is -0.201. The average molecular weight is 483 g/mol. The van der Waals surface area contributed by atoms with E-state index in [0.717, 1.165) is 50.3 Å². The lowest BCUT2D eigenvalue weighted by atomic mass is 10.0. The molecule has 2 aromatic rings. The molecule has 0 saturated carbocycles. The van der Waals surface area contributed by atoms with Crippen molar-refractivity contribution in [2.75, 3.05) is 31.1 Å². The maximum absolute atomic E-state index is 12.3. The third kappa shape index (κ3) is 4.40. The number of carbonyl (C=O) groups excluding carboxylic acids is 2. The van der Waals surface area contributed by atoms with E-state index in [1.807, 2.05) is 0 Å². The molecule has 0 spiro atoms. The molecule has 0 aliphatic carbocycles. The molecule has 0 aromatic heterocycles. The number of nitrogens with one attached hydrogen (secondary N) is 1. The molecule has 5 rings (SSSR count). The first kappa shape index (κ1) is 20.7. The van der Waals surface area contributed by atoms with Crippen LogP contribution in [0, 0.1) is 0 Å². The van der Waals surface area contributed by atoms with Gasteiger partial charge in [0.1, 0.15) is 0 Å². The van der Waals surface area contributed by atoms with Gasteiger partial charge in [0.2, 0.25) is 11.8 Å². The Bertz CT molecular complexity index is 986. The van der Waals surface area contributed by atoms with Gasteiger partial charge >= 0.3 is 0 Å². The molecule has 2 saturated heterocycles. The van der Waals surface area contributed by atoms with Crippen molar-refractivity contribution in [1.29, 1.82) is 0 Å². The van der Waals surface area contributed by atoms with Gasteiger partial charge in [0, 0.05) is 62.4 Å². The molecule has 3 aliphatic heterocycles. The van der Waals surface area contributed by atoms with Crippen molar-refractivity contribution in [2.24, 2.45) is 0 Å². The lowest BCUT2D eigenvalue weighted by Gasteiger charge is -2.36. The Morgan fingerprint density at radius 1 is 0.968 bits per heavy atom. The van der Waals surface area contributed by atoms with Crippen LogP contribution in [0.25, 0.3) is 0 Å². The van der Waals surface area contributed by atoms with Crippen LogP contribution in [0.3, 0.4) is 0 Å². The number of halogens is 1. The minimum Gasteiger partial charge on any atom is -0.369 e. The summed E-state index contributed by atoms with van der Waals surface area (Å²) >= 11 is 3.51. The van der Waals surface area contributed by atoms with Crippen molar-refractivity contribution >= 4 is 33.4 Å². The molecule has 0 radical (unpaired) electrons. The highest BCUT2D eigenvalue weighted by Crippen LogP contribution is 2.30. The number of carbonyl (C=O) groups is 2. The molecule has 2 fully saturated rings. The number of hydrogen-bond acceptors (Lipinski definition) is 5. The second-order valence-electron chi connectivity index (χ2n) is 8.67. The van der Waals surface area contributed by atoms with Crippen molar-refractivity contribution in [1.82, 2.24) is 15.1 Å². The molecule has 1 N–H and O–H groups in total. The fourth-order valence-corrected chi connectivity index (χ4v) is 5.24. The summed E-state index contributed by atoms with van der Waals surface area (Å²) in [6.45, 7) is 6.65. The number of nitrogens with zero attached hydrogens (tertiary/aromatic N) is 3. The van der Waals surface area contributed by atoms with Gasteiger partial charge in [-0.05, 0) is 47.4 Å². The molecule has 2 aromatic carbocycles. The quantitative estimate of drug-likeness (QED) is 0.678. The smallest absolute Gasteiger partial charge is 0.243 e. The average Bonchev–Trinajstić information content (AvgIpc) is 3.20. The molecule has 0 bridgehead atoms. The summed E-state index contributed by atoms with van der Waals surface area (Å²) in [7, 11) is 0. The van der Waals surface area contributed by atoms with Crippen molar-refractivity contribution in [3.8, 4) is 0 Å². The molecule has 7 heteroatoms. The predicted molar refractivity (Wildman–Crippen MR) is 123 cm³/mol. The summed E-state index contributed by atoms with van der Waals surface area (Å²) in [5, 5.41) is 2.50. The van der Waals surface area contributed by atoms with Crippen molar-refractivity contribution in [3.05, 3.63) is 63.6 Å². The molecule has 31 heavy (non-hydrogen) atoms. The van der Waals surface area contributed by atoms with Gasteiger partial charge in [0.25, 0.3) is 0 Å². The topological polar surface area (TPSA) is 55.9 Å². The zero-order valence-electron chi connectivity index (χ0n) is 17.5. The lowest BCUT2D eigenvalue weighted by Crippen LogP contribution is -2.50. The summed E-state index contributed by atoms with van der Waals surface area (Å²) in [6.07, 6.45) is 1.05. The van der Waals surface area contributed by atoms with Crippen LogP contribution in [0.1, 0.15) is 29.5 Å². The van der Waals surface area contributed by atoms with Gasteiger partial charge in [-0.15, -0.1) is 0 Å². The number of imide groups is 1. The van der Waals surface area contributed by atoms with Gasteiger partial charge in [-0.3, -0.25) is 24.7 Å². The van der Waals surface area contributed by atoms with Gasteiger partial charge in [-0.1, -0.05) is 34.1 Å². The normalized spacial score (nSPS) is 22.5. The van der Waals surface area contributed by atoms with Gasteiger partial charge in [-0.2, -0.15) is 0 Å². The Labute approximate surface area is 191 Å². The highest BCUT2D eigenvalue weighted by Gasteiger charge is 2.35. The van der Waals surface area contributed by atoms with E-state index in [1.165, 1.54) is 22.4 Å². The largest absolute Gasteiger partial charge is 0.369 e. The van der Waals surface area contributed by atoms with Crippen LogP contribution in [-0.2, 0) is 29.2 Å². The van der Waals surface area contributed by atoms with Crippen LogP contribution in [-0.4, -0.2) is 53.8 Å². The molecule has 162 valence electrons. The van der Waals surface area contributed by atoms with Gasteiger partial charge in [-0.25, -0.2) is 0 Å². The number of piperidine rings is 1. The minimum absolute atomic E-state index is 0.144. The number of piperazine rings is 1. The SMILES string of the molecule is O=C1CCC(N2Cc3cccc(CN4CCN(c5ccc(Br)cc5)CC4)c3C2)C(=O)N1. The van der Waals surface area contributed by atoms with E-state index in [-0.39, 0.29) is 17.9 Å². The fraction of sp³-hybridized carbons (Fsp3) is 0.417. The number of anilines is 1. The molecular weight excluding hydrogens is 456 g/mol. The van der Waals surface area contributed by atoms with Gasteiger partial charge < -0.3 is 4.90 Å². The highest BCUT2D eigenvalue weighted by molar-refractivity contribution is 9.10. The van der Waals surface area contributed by atoms with E-state index in [4.69, 9.17) is 0 Å². The van der Waals surface area contributed by atoms with E-state index in [0.29, 0.717) is 12.8 Å². The second kappa shape index (κ2) is 8.73. The number of fused-ring (bicyclic) bond motifs is 1. The van der Waals surface area contributed by atoms with Crippen LogP contribution in [0.4, 0.5) is 5.69 Å². The first-order valence-electron chi connectivity index (χ1n) is 11.0. The van der Waals surface area contributed by atoms with Gasteiger partial charge in [0.05, 0.1) is 6.04 Å². The summed E-state index contributed by atoms with van der Waals surface area (Å²) in [4.78, 5) is 31.0. The van der Waals surface area contributed by atoms with E-state index in [1.54, 1.807) is 0 Å². The Kier molecular flexibility index (Phi) is 5.82. The van der Waals surface area contributed by atoms with E-state index >= 15 is 0 Å². The van der Waals surface area contributed by atoms with Gasteiger partial charge in [0.15, 0.2) is 0 Å². The molecule has 1 atom stereocenters. The summed E-state index contributed by atoms with van der Waals surface area (Å²) in [5.74, 6) is -0.296. The standard InChI is InChI=1S/C24H27BrN4O2/c25-19-4-6-20(7-5-19)28-12-10-27(11-13-28)14-17-2-1-3-18-15-29(16-21(17)18)22-8-9-23(30)26-24(22)31/h1-7,22H,8-16H2,(H,26,30,31). The highest BCUT2D eigenvalue weighted by atomic mass is 79.9. The molecule has 2 amide bonds. The maximum atomic E-state index is 12.3. The lowest BCUT2D eigenvalue weighted by molar-refractivity contribution is -0.137. The first-order valence-corrected chi connectivity index (χ1v) is 11.8. The molecule has 6 nitrogen and oxygen atoms in total. The Morgan fingerprint density at radius 2 is 1.74 bits per heavy atom. The Hall–Kier alpha value is -2.22. The summed E-state index contributed by atoms with van der Waals surface area (Å²) in [6, 6.07) is 14.9. The van der Waals surface area contributed by atoms with Crippen LogP contribution in [0.15, 0.2) is 46.9 Å². The van der Waals surface area contributed by atoms with Crippen LogP contribution >= 0.6 is 15.9 Å². The molecular formula is C24H27BrN4O2. The third-order valence-electron chi connectivity index (χ3n) is 6.71. The molecule has 3 aliphatic rings. The second-order valence-corrected chi connectivity index (χ2v) is 9.58. The Balaban J connectivity index is 1.22. The molecule has 3 heterocycles. The number of benzene rings is 2. The first-order chi connectivity index (χ1) is 15.1. The zero-order valence-corrected chi connectivity index (χ0v) is 19.1. The fourth-order valence-electron chi connectivity index (χ4n) is 4.97. The van der Waals surface area contributed by atoms with E-state index in [2.05, 4.69) is 78.4 Å². The molecule has 1 unspecified atom stereocenters. The van der Waals surface area contributed by atoms with E-state index < -0.39 is 0 Å². The summed E-state index contributed by atoms with van der Waals surface area (Å²) in [5.41, 5.74) is 5.32. The van der Waals surface area contributed by atoms with Crippen molar-refractivity contribution in [2.45, 2.75) is 38.5 Å². The summed E-state index contributed by atoms with van der Waals surface area (Å²) < 4.78 is 1.11. The predicted octanol–water partition coefficient (Wildman–Crippen LogP) is 2.89. The Morgan fingerprint density at radius 3 is 2.48 bits per heavy atom. The van der Waals surface area contributed by atoms with Crippen LogP contribution in [0.5, 0.6) is 0 Å². The van der Waals surface area contributed by atoms with E-state index in [9.17, 15) is 9.59 Å².